The van der Waals surface area contributed by atoms with Crippen molar-refractivity contribution in [3.63, 3.8) is 0 Å². The Morgan fingerprint density at radius 1 is 1.37 bits per heavy atom. The van der Waals surface area contributed by atoms with Gasteiger partial charge in [-0.3, -0.25) is 18.6 Å². The van der Waals surface area contributed by atoms with Gasteiger partial charge in [0.05, 0.1) is 12.3 Å². The van der Waals surface area contributed by atoms with Gasteiger partial charge in [0.25, 0.3) is 11.5 Å². The van der Waals surface area contributed by atoms with Crippen LogP contribution in [0.4, 0.5) is 0 Å². The second-order valence-corrected chi connectivity index (χ2v) is 7.82. The summed E-state index contributed by atoms with van der Waals surface area (Å²) in [6.07, 6.45) is 5.94. The summed E-state index contributed by atoms with van der Waals surface area (Å²) in [5.74, 6) is 0.152. The number of halogens is 1. The molecule has 8 heteroatoms. The highest BCUT2D eigenvalue weighted by Crippen LogP contribution is 2.27. The number of allylic oxidation sites excluding steroid dienone is 1. The number of nitrogens with zero attached hydrogens (tertiary/aromatic N) is 4. The Kier molecular flexibility index (Phi) is 5.74. The van der Waals surface area contributed by atoms with Crippen molar-refractivity contribution in [2.75, 3.05) is 26.8 Å². The molecule has 156 valence electrons. The van der Waals surface area contributed by atoms with E-state index in [4.69, 9.17) is 16.3 Å². The minimum atomic E-state index is -0.301. The topological polar surface area (TPSA) is 68.8 Å². The van der Waals surface area contributed by atoms with Crippen molar-refractivity contribution in [2.45, 2.75) is 13.0 Å². The predicted molar refractivity (Wildman–Crippen MR) is 116 cm³/mol. The normalized spacial score (nSPS) is 16.3. The molecule has 1 saturated heterocycles. The van der Waals surface area contributed by atoms with E-state index in [2.05, 4.69) is 11.6 Å². The number of imidazole rings is 1. The van der Waals surface area contributed by atoms with Crippen molar-refractivity contribution in [3.05, 3.63) is 70.4 Å². The van der Waals surface area contributed by atoms with Gasteiger partial charge in [0.15, 0.2) is 0 Å². The third-order valence-corrected chi connectivity index (χ3v) is 5.71. The summed E-state index contributed by atoms with van der Waals surface area (Å²) in [6, 6.07) is 7.32. The Labute approximate surface area is 179 Å². The Morgan fingerprint density at radius 3 is 2.90 bits per heavy atom. The van der Waals surface area contributed by atoms with E-state index < -0.39 is 0 Å². The second kappa shape index (κ2) is 8.45. The molecule has 0 bridgehead atoms. The van der Waals surface area contributed by atoms with Crippen LogP contribution >= 0.6 is 11.6 Å². The lowest BCUT2D eigenvalue weighted by Crippen LogP contribution is -2.29. The fourth-order valence-electron chi connectivity index (χ4n) is 3.93. The number of rotatable bonds is 6. The molecule has 1 fully saturated rings. The highest BCUT2D eigenvalue weighted by atomic mass is 35.5. The number of carbonyl (C=O) groups is 1. The molecule has 1 aromatic carbocycles. The van der Waals surface area contributed by atoms with Crippen LogP contribution in [0.15, 0.2) is 54.1 Å². The maximum Gasteiger partial charge on any atom is 0.295 e. The monoisotopic (exact) mass is 426 g/mol. The molecular formula is C22H23ClN4O3. The quantitative estimate of drug-likeness (QED) is 0.568. The van der Waals surface area contributed by atoms with E-state index >= 15 is 0 Å². The number of hydrogen-bond acceptors (Lipinski definition) is 4. The van der Waals surface area contributed by atoms with Crippen LogP contribution < -0.4 is 5.56 Å². The van der Waals surface area contributed by atoms with Gasteiger partial charge in [-0.05, 0) is 12.5 Å². The van der Waals surface area contributed by atoms with Gasteiger partial charge >= 0.3 is 0 Å². The van der Waals surface area contributed by atoms with Gasteiger partial charge in [0, 0.05) is 55.6 Å². The predicted octanol–water partition coefficient (Wildman–Crippen LogP) is 3.11. The molecule has 1 atom stereocenters. The standard InChI is InChI=1S/C22H23ClN4O3/c1-3-9-27-19(16-6-4-5-7-17(16)23)13-26-12-18(24-20(26)22(27)29)21(28)25-10-8-15(11-25)14-30-2/h3-7,12-13,15H,1,8-11,14H2,2H3/t15-/m0/s1. The van der Waals surface area contributed by atoms with E-state index in [1.165, 1.54) is 0 Å². The first-order chi connectivity index (χ1) is 14.5. The van der Waals surface area contributed by atoms with Crippen LogP contribution in [0.3, 0.4) is 0 Å². The fraction of sp³-hybridized carbons (Fsp3) is 0.318. The third-order valence-electron chi connectivity index (χ3n) is 5.38. The van der Waals surface area contributed by atoms with Crippen molar-refractivity contribution >= 4 is 23.2 Å². The first kappa shape index (κ1) is 20.4. The molecule has 1 amide bonds. The largest absolute Gasteiger partial charge is 0.384 e. The molecule has 1 aliphatic heterocycles. The average molecular weight is 427 g/mol. The van der Waals surface area contributed by atoms with Crippen molar-refractivity contribution in [3.8, 4) is 11.3 Å². The van der Waals surface area contributed by atoms with Gasteiger partial charge in [-0.25, -0.2) is 4.98 Å². The highest BCUT2D eigenvalue weighted by molar-refractivity contribution is 6.33. The number of fused-ring (bicyclic) bond motifs is 1. The van der Waals surface area contributed by atoms with E-state index in [9.17, 15) is 9.59 Å². The first-order valence-electron chi connectivity index (χ1n) is 9.80. The Morgan fingerprint density at radius 2 is 2.17 bits per heavy atom. The van der Waals surface area contributed by atoms with E-state index in [0.717, 1.165) is 12.0 Å². The summed E-state index contributed by atoms with van der Waals surface area (Å²) in [6.45, 7) is 5.97. The molecule has 7 nitrogen and oxygen atoms in total. The molecule has 0 N–H and O–H groups in total. The lowest BCUT2D eigenvalue weighted by atomic mass is 10.1. The van der Waals surface area contributed by atoms with Crippen LogP contribution in [0.2, 0.25) is 5.02 Å². The van der Waals surface area contributed by atoms with E-state index in [1.54, 1.807) is 45.5 Å². The zero-order valence-electron chi connectivity index (χ0n) is 16.8. The number of hydrogen-bond donors (Lipinski definition) is 0. The maximum absolute atomic E-state index is 13.2. The van der Waals surface area contributed by atoms with Crippen molar-refractivity contribution in [2.24, 2.45) is 5.92 Å². The molecule has 3 aromatic rings. The van der Waals surface area contributed by atoms with Crippen LogP contribution in [-0.2, 0) is 11.3 Å². The van der Waals surface area contributed by atoms with Crippen LogP contribution in [0, 0.1) is 5.92 Å². The lowest BCUT2D eigenvalue weighted by molar-refractivity contribution is 0.0770. The summed E-state index contributed by atoms with van der Waals surface area (Å²) >= 11 is 6.38. The second-order valence-electron chi connectivity index (χ2n) is 7.42. The molecule has 30 heavy (non-hydrogen) atoms. The van der Waals surface area contributed by atoms with Crippen LogP contribution in [0.5, 0.6) is 0 Å². The van der Waals surface area contributed by atoms with Gasteiger partial charge in [0.1, 0.15) is 5.69 Å². The van der Waals surface area contributed by atoms with Gasteiger partial charge in [0.2, 0.25) is 5.65 Å². The third kappa shape index (κ3) is 3.66. The molecule has 2 aromatic heterocycles. The zero-order chi connectivity index (χ0) is 21.3. The van der Waals surface area contributed by atoms with E-state index in [-0.39, 0.29) is 22.8 Å². The molecule has 0 saturated carbocycles. The number of likely N-dealkylation sites (tertiary alicyclic amines) is 1. The zero-order valence-corrected chi connectivity index (χ0v) is 17.5. The molecule has 0 aliphatic carbocycles. The van der Waals surface area contributed by atoms with Crippen molar-refractivity contribution in [1.29, 1.82) is 0 Å². The Hall–Kier alpha value is -2.90. The number of carbonyl (C=O) groups excluding carboxylic acids is 1. The van der Waals surface area contributed by atoms with E-state index in [0.29, 0.717) is 42.9 Å². The summed E-state index contributed by atoms with van der Waals surface area (Å²) in [4.78, 5) is 32.3. The Balaban J connectivity index is 1.77. The summed E-state index contributed by atoms with van der Waals surface area (Å²) in [5.41, 5.74) is 1.51. The van der Waals surface area contributed by atoms with Gasteiger partial charge < -0.3 is 9.64 Å². The number of ether oxygens (including phenoxy) is 1. The SMILES string of the molecule is C=CCn1c(-c2ccccc2Cl)cn2cc(C(=O)N3CC[C@H](COC)C3)nc2c1=O. The van der Waals surface area contributed by atoms with Gasteiger partial charge in [-0.1, -0.05) is 35.9 Å². The highest BCUT2D eigenvalue weighted by Gasteiger charge is 2.28. The average Bonchev–Trinajstić information content (AvgIpc) is 3.38. The smallest absolute Gasteiger partial charge is 0.295 e. The van der Waals surface area contributed by atoms with Crippen LogP contribution in [0.25, 0.3) is 16.9 Å². The van der Waals surface area contributed by atoms with E-state index in [1.807, 2.05) is 18.2 Å². The molecule has 0 radical (unpaired) electrons. The minimum absolute atomic E-state index is 0.175. The molecule has 4 rings (SSSR count). The van der Waals surface area contributed by atoms with Gasteiger partial charge in [-0.2, -0.15) is 0 Å². The number of aromatic nitrogens is 3. The summed E-state index contributed by atoms with van der Waals surface area (Å²) in [7, 11) is 1.66. The Bertz CT molecular complexity index is 1170. The minimum Gasteiger partial charge on any atom is -0.384 e. The lowest BCUT2D eigenvalue weighted by Gasteiger charge is -2.14. The fourth-order valence-corrected chi connectivity index (χ4v) is 4.16. The number of benzene rings is 1. The number of methoxy groups -OCH3 is 1. The van der Waals surface area contributed by atoms with Crippen molar-refractivity contribution in [1.82, 2.24) is 18.9 Å². The molecule has 1 aliphatic rings. The van der Waals surface area contributed by atoms with Crippen LogP contribution in [-0.4, -0.2) is 51.6 Å². The molecule has 3 heterocycles. The molecular weight excluding hydrogens is 404 g/mol. The maximum atomic E-state index is 13.2. The molecule has 0 unspecified atom stereocenters. The summed E-state index contributed by atoms with van der Waals surface area (Å²) < 4.78 is 8.38. The first-order valence-corrected chi connectivity index (χ1v) is 10.2. The molecule has 0 spiro atoms. The number of amides is 1. The van der Waals surface area contributed by atoms with Crippen molar-refractivity contribution < 1.29 is 9.53 Å². The van der Waals surface area contributed by atoms with Crippen LogP contribution in [0.1, 0.15) is 16.9 Å². The summed E-state index contributed by atoms with van der Waals surface area (Å²) in [5, 5.41) is 0.534. The van der Waals surface area contributed by atoms with Gasteiger partial charge in [-0.15, -0.1) is 6.58 Å².